The Balaban J connectivity index is 1.65. The van der Waals surface area contributed by atoms with Gasteiger partial charge in [-0.15, -0.1) is 0 Å². The molecule has 0 radical (unpaired) electrons. The summed E-state index contributed by atoms with van der Waals surface area (Å²) in [5.41, 5.74) is 5.20. The van der Waals surface area contributed by atoms with Crippen LogP contribution in [0.15, 0.2) is 48.5 Å². The molecule has 0 unspecified atom stereocenters. The molecule has 5 heteroatoms. The highest BCUT2D eigenvalue weighted by molar-refractivity contribution is 7.83. The van der Waals surface area contributed by atoms with E-state index in [1.807, 2.05) is 35.2 Å². The molecule has 4 nitrogen and oxygen atoms in total. The summed E-state index contributed by atoms with van der Waals surface area (Å²) in [7, 11) is -0.919. The van der Waals surface area contributed by atoms with E-state index >= 15 is 0 Å². The van der Waals surface area contributed by atoms with Gasteiger partial charge < -0.3 is 9.88 Å². The second-order valence-electron chi connectivity index (χ2n) is 6.91. The first-order valence-electron chi connectivity index (χ1n) is 8.84. The number of benzene rings is 2. The summed E-state index contributed by atoms with van der Waals surface area (Å²) in [5, 5.41) is 1.26. The van der Waals surface area contributed by atoms with E-state index in [4.69, 9.17) is 0 Å². The molecule has 0 fully saturated rings. The Bertz CT molecular complexity index is 1010. The van der Waals surface area contributed by atoms with Gasteiger partial charge in [0.15, 0.2) is 0 Å². The van der Waals surface area contributed by atoms with Gasteiger partial charge in [0.25, 0.3) is 5.91 Å². The van der Waals surface area contributed by atoms with Crippen molar-refractivity contribution in [3.63, 3.8) is 0 Å². The molecule has 1 aliphatic heterocycles. The van der Waals surface area contributed by atoms with Crippen LogP contribution in [-0.2, 0) is 23.0 Å². The van der Waals surface area contributed by atoms with E-state index in [1.165, 1.54) is 10.9 Å². The summed E-state index contributed by atoms with van der Waals surface area (Å²) in [4.78, 5) is 18.5. The molecule has 0 aliphatic carbocycles. The fourth-order valence-electron chi connectivity index (χ4n) is 3.90. The second-order valence-corrected chi connectivity index (χ2v) is 8.34. The standard InChI is InChI=1S/C21H22N2O2S/c1-14-20-18(17-8-3-4-9-19(17)22-20)10-11-23(14)21(24)16-7-5-6-15(12-16)13-26(2)25/h3-9,12,14,22H,10-11,13H2,1-2H3/t14-,26-/m1/s1. The monoisotopic (exact) mass is 366 g/mol. The van der Waals surface area contributed by atoms with Crippen LogP contribution in [0, 0.1) is 0 Å². The number of fused-ring (bicyclic) bond motifs is 3. The highest BCUT2D eigenvalue weighted by Gasteiger charge is 2.30. The van der Waals surface area contributed by atoms with E-state index < -0.39 is 10.8 Å². The Kier molecular flexibility index (Phi) is 4.41. The molecule has 2 aromatic carbocycles. The predicted molar refractivity (Wildman–Crippen MR) is 106 cm³/mol. The van der Waals surface area contributed by atoms with E-state index in [-0.39, 0.29) is 11.9 Å². The number of rotatable bonds is 3. The fraction of sp³-hybridized carbons (Fsp3) is 0.286. The molecular formula is C21H22N2O2S. The van der Waals surface area contributed by atoms with Gasteiger partial charge in [-0.1, -0.05) is 30.3 Å². The van der Waals surface area contributed by atoms with Gasteiger partial charge in [0.05, 0.1) is 6.04 Å². The minimum atomic E-state index is -0.919. The molecule has 1 amide bonds. The van der Waals surface area contributed by atoms with Crippen molar-refractivity contribution in [1.82, 2.24) is 9.88 Å². The Labute approximate surface area is 155 Å². The van der Waals surface area contributed by atoms with Gasteiger partial charge in [0.1, 0.15) is 0 Å². The summed E-state index contributed by atoms with van der Waals surface area (Å²) in [6, 6.07) is 15.8. The number of aromatic amines is 1. The van der Waals surface area contributed by atoms with Gasteiger partial charge in [0.2, 0.25) is 0 Å². The van der Waals surface area contributed by atoms with Crippen molar-refractivity contribution in [3.8, 4) is 0 Å². The molecule has 1 N–H and O–H groups in total. The molecule has 1 aliphatic rings. The first kappa shape index (κ1) is 17.0. The summed E-state index contributed by atoms with van der Waals surface area (Å²) < 4.78 is 11.5. The smallest absolute Gasteiger partial charge is 0.254 e. The number of hydrogen-bond acceptors (Lipinski definition) is 2. The number of carbonyl (C=O) groups excluding carboxylic acids is 1. The third-order valence-corrected chi connectivity index (χ3v) is 5.88. The van der Waals surface area contributed by atoms with Crippen LogP contribution in [0.25, 0.3) is 10.9 Å². The van der Waals surface area contributed by atoms with Gasteiger partial charge in [-0.2, -0.15) is 0 Å². The molecule has 1 aromatic heterocycles. The number of nitrogens with one attached hydrogen (secondary N) is 1. The largest absolute Gasteiger partial charge is 0.356 e. The molecule has 2 atom stereocenters. The zero-order chi connectivity index (χ0) is 18.3. The van der Waals surface area contributed by atoms with Crippen molar-refractivity contribution in [2.75, 3.05) is 12.8 Å². The van der Waals surface area contributed by atoms with Gasteiger partial charge in [-0.25, -0.2) is 0 Å². The molecule has 134 valence electrons. The lowest BCUT2D eigenvalue weighted by molar-refractivity contribution is 0.0674. The van der Waals surface area contributed by atoms with Crippen molar-refractivity contribution in [2.24, 2.45) is 0 Å². The van der Waals surface area contributed by atoms with Crippen molar-refractivity contribution < 1.29 is 9.00 Å². The summed E-state index contributed by atoms with van der Waals surface area (Å²) in [5.74, 6) is 0.508. The number of hydrogen-bond donors (Lipinski definition) is 1. The van der Waals surface area contributed by atoms with Crippen molar-refractivity contribution >= 4 is 27.6 Å². The Morgan fingerprint density at radius 3 is 2.85 bits per heavy atom. The van der Waals surface area contributed by atoms with E-state index in [0.29, 0.717) is 17.9 Å². The van der Waals surface area contributed by atoms with E-state index in [2.05, 4.69) is 30.1 Å². The number of aromatic nitrogens is 1. The van der Waals surface area contributed by atoms with Crippen molar-refractivity contribution in [2.45, 2.75) is 25.1 Å². The van der Waals surface area contributed by atoms with E-state index in [9.17, 15) is 9.00 Å². The molecule has 0 bridgehead atoms. The Morgan fingerprint density at radius 1 is 1.23 bits per heavy atom. The average molecular weight is 366 g/mol. The molecule has 0 saturated heterocycles. The number of H-pyrrole nitrogens is 1. The topological polar surface area (TPSA) is 53.2 Å². The highest BCUT2D eigenvalue weighted by atomic mass is 32.2. The van der Waals surface area contributed by atoms with E-state index in [0.717, 1.165) is 23.2 Å². The summed E-state index contributed by atoms with van der Waals surface area (Å²) in [6.45, 7) is 2.79. The number of nitrogens with zero attached hydrogens (tertiary/aromatic N) is 1. The van der Waals surface area contributed by atoms with Gasteiger partial charge >= 0.3 is 0 Å². The Hall–Kier alpha value is -2.40. The summed E-state index contributed by atoms with van der Waals surface area (Å²) in [6.07, 6.45) is 2.53. The summed E-state index contributed by atoms with van der Waals surface area (Å²) >= 11 is 0. The molecule has 26 heavy (non-hydrogen) atoms. The van der Waals surface area contributed by atoms with Crippen LogP contribution in [0.5, 0.6) is 0 Å². The van der Waals surface area contributed by atoms with Gasteiger partial charge in [-0.3, -0.25) is 9.00 Å². The van der Waals surface area contributed by atoms with Crippen LogP contribution >= 0.6 is 0 Å². The first-order chi connectivity index (χ1) is 12.5. The van der Waals surface area contributed by atoms with Gasteiger partial charge in [0, 0.05) is 51.5 Å². The maximum Gasteiger partial charge on any atom is 0.254 e. The molecule has 0 spiro atoms. The van der Waals surface area contributed by atoms with Crippen molar-refractivity contribution in [1.29, 1.82) is 0 Å². The van der Waals surface area contributed by atoms with E-state index in [1.54, 1.807) is 6.26 Å². The van der Waals surface area contributed by atoms with Crippen LogP contribution in [-0.4, -0.2) is 32.8 Å². The van der Waals surface area contributed by atoms with Crippen molar-refractivity contribution in [3.05, 3.63) is 70.9 Å². The lowest BCUT2D eigenvalue weighted by Gasteiger charge is -2.33. The van der Waals surface area contributed by atoms with Crippen LogP contribution < -0.4 is 0 Å². The molecule has 0 saturated carbocycles. The number of para-hydroxylation sites is 1. The molecule has 2 heterocycles. The normalized spacial score (nSPS) is 17.9. The Morgan fingerprint density at radius 2 is 2.04 bits per heavy atom. The number of amides is 1. The minimum Gasteiger partial charge on any atom is -0.356 e. The van der Waals surface area contributed by atoms with Crippen LogP contribution in [0.2, 0.25) is 0 Å². The predicted octanol–water partition coefficient (Wildman–Crippen LogP) is 3.81. The number of carbonyl (C=O) groups is 1. The quantitative estimate of drug-likeness (QED) is 0.766. The van der Waals surface area contributed by atoms with Crippen LogP contribution in [0.3, 0.4) is 0 Å². The maximum atomic E-state index is 13.1. The van der Waals surface area contributed by atoms with Crippen LogP contribution in [0.1, 0.15) is 40.1 Å². The van der Waals surface area contributed by atoms with Gasteiger partial charge in [-0.05, 0) is 42.7 Å². The average Bonchev–Trinajstić information content (AvgIpc) is 3.01. The molecular weight excluding hydrogens is 344 g/mol. The minimum absolute atomic E-state index is 0.00242. The third kappa shape index (κ3) is 2.97. The first-order valence-corrected chi connectivity index (χ1v) is 10.6. The molecule has 4 rings (SSSR count). The highest BCUT2D eigenvalue weighted by Crippen LogP contribution is 2.34. The fourth-order valence-corrected chi connectivity index (χ4v) is 4.55. The lowest BCUT2D eigenvalue weighted by atomic mass is 9.97. The second kappa shape index (κ2) is 6.72. The zero-order valence-corrected chi connectivity index (χ0v) is 15.8. The zero-order valence-electron chi connectivity index (χ0n) is 15.0. The lowest BCUT2D eigenvalue weighted by Crippen LogP contribution is -2.38. The molecule has 3 aromatic rings. The maximum absolute atomic E-state index is 13.1. The SMILES string of the molecule is C[C@@H]1c2[nH]c3ccccc3c2CCN1C(=O)c1cccc(C[S@@](C)=O)c1. The third-order valence-electron chi connectivity index (χ3n) is 5.14. The van der Waals surface area contributed by atoms with Crippen LogP contribution in [0.4, 0.5) is 0 Å².